The van der Waals surface area contributed by atoms with E-state index in [0.717, 1.165) is 0 Å². The van der Waals surface area contributed by atoms with Crippen LogP contribution in [0.15, 0.2) is 12.7 Å². The summed E-state index contributed by atoms with van der Waals surface area (Å²) in [5.74, 6) is 0. The van der Waals surface area contributed by atoms with E-state index < -0.39 is 7.82 Å². The van der Waals surface area contributed by atoms with E-state index in [9.17, 15) is 4.57 Å². The molecule has 0 radical (unpaired) electrons. The van der Waals surface area contributed by atoms with E-state index in [1.165, 1.54) is 6.08 Å². The zero-order valence-corrected chi connectivity index (χ0v) is 7.24. The van der Waals surface area contributed by atoms with E-state index in [0.29, 0.717) is 6.61 Å². The summed E-state index contributed by atoms with van der Waals surface area (Å²) < 4.78 is 22.6. The van der Waals surface area contributed by atoms with Gasteiger partial charge in [-0.2, -0.15) is 0 Å². The third-order valence-electron chi connectivity index (χ3n) is 0.245. The van der Waals surface area contributed by atoms with Crippen molar-refractivity contribution in [3.05, 3.63) is 12.7 Å². The molecule has 0 unspecified atom stereocenters. The average molecular weight is 202 g/mol. The van der Waals surface area contributed by atoms with E-state index in [2.05, 4.69) is 11.1 Å². The first kappa shape index (κ1) is 13.5. The van der Waals surface area contributed by atoms with Crippen LogP contribution >= 0.6 is 16.5 Å². The summed E-state index contributed by atoms with van der Waals surface area (Å²) in [7, 11) is -4.91. The molecule has 0 aliphatic heterocycles. The van der Waals surface area contributed by atoms with Gasteiger partial charge < -0.3 is 14.7 Å². The number of phosphoric acid groups is 1. The molecule has 8 heteroatoms. The molecule has 0 saturated heterocycles. The van der Waals surface area contributed by atoms with E-state index in [4.69, 9.17) is 19.2 Å². The van der Waals surface area contributed by atoms with Crippen molar-refractivity contribution < 1.29 is 28.3 Å². The fourth-order valence-corrected chi connectivity index (χ4v) is 0.249. The highest BCUT2D eigenvalue weighted by Gasteiger charge is 2.00. The van der Waals surface area contributed by atoms with Gasteiger partial charge in [0.2, 0.25) is 0 Å². The molecule has 3 N–H and O–H groups in total. The first-order valence-electron chi connectivity index (χ1n) is 2.25. The number of rotatable bonds is 3. The first-order chi connectivity index (χ1) is 4.91. The van der Waals surface area contributed by atoms with Crippen LogP contribution < -0.4 is 0 Å². The molecule has 0 spiro atoms. The van der Waals surface area contributed by atoms with Crippen LogP contribution in [-0.4, -0.2) is 21.3 Å². The molecule has 0 aromatic rings. The highest BCUT2D eigenvalue weighted by Crippen LogP contribution is 2.25. The SMILES string of the molecule is C=CCOP=O.O=P(O)(O)O. The minimum Gasteiger partial charge on any atom is -0.303 e. The molecule has 11 heavy (non-hydrogen) atoms. The standard InChI is InChI=1S/C3H5O2P.H3O4P/c1-2-3-5-6-4;1-5(2,3)4/h2H,1,3H2;(H3,1,2,3,4). The van der Waals surface area contributed by atoms with Crippen molar-refractivity contribution in [3.8, 4) is 0 Å². The summed E-state index contributed by atoms with van der Waals surface area (Å²) in [5, 5.41) is 0. The molecular formula is C3H8O6P2. The molecule has 0 bridgehead atoms. The van der Waals surface area contributed by atoms with Crippen LogP contribution in [0.3, 0.4) is 0 Å². The Morgan fingerprint density at radius 3 is 2.00 bits per heavy atom. The van der Waals surface area contributed by atoms with E-state index >= 15 is 0 Å². The molecule has 0 aromatic carbocycles. The summed E-state index contributed by atoms with van der Waals surface area (Å²) in [6.45, 7) is 3.68. The van der Waals surface area contributed by atoms with Gasteiger partial charge in [-0.05, 0) is 0 Å². The second-order valence-electron chi connectivity index (χ2n) is 1.17. The Hall–Kier alpha value is -0.0900. The maximum absolute atomic E-state index is 9.39. The minimum atomic E-state index is -4.64. The number of hydrogen-bond acceptors (Lipinski definition) is 3. The highest BCUT2D eigenvalue weighted by atomic mass is 31.2. The molecular weight excluding hydrogens is 194 g/mol. The largest absolute Gasteiger partial charge is 0.466 e. The molecule has 0 amide bonds. The zero-order valence-electron chi connectivity index (χ0n) is 5.45. The summed E-state index contributed by atoms with van der Waals surface area (Å²) in [4.78, 5) is 21.6. The summed E-state index contributed by atoms with van der Waals surface area (Å²) in [6.07, 6.45) is 1.53. The van der Waals surface area contributed by atoms with Crippen molar-refractivity contribution in [2.45, 2.75) is 0 Å². The third kappa shape index (κ3) is 73.2. The van der Waals surface area contributed by atoms with Crippen molar-refractivity contribution in [2.24, 2.45) is 0 Å². The van der Waals surface area contributed by atoms with Gasteiger partial charge in [0.25, 0.3) is 0 Å². The van der Waals surface area contributed by atoms with Gasteiger partial charge in [0.1, 0.15) is 0 Å². The Kier molecular flexibility index (Phi) is 9.83. The van der Waals surface area contributed by atoms with Gasteiger partial charge in [0.15, 0.2) is 0 Å². The zero-order chi connectivity index (χ0) is 9.33. The van der Waals surface area contributed by atoms with Crippen LogP contribution in [0.1, 0.15) is 0 Å². The van der Waals surface area contributed by atoms with Gasteiger partial charge >= 0.3 is 16.5 Å². The van der Waals surface area contributed by atoms with Crippen LogP contribution in [0.2, 0.25) is 0 Å². The Labute approximate surface area is 65.0 Å². The Morgan fingerprint density at radius 2 is 1.91 bits per heavy atom. The lowest BCUT2D eigenvalue weighted by atomic mass is 10.7. The minimum absolute atomic E-state index is 0.276. The lowest BCUT2D eigenvalue weighted by Crippen LogP contribution is -1.69. The third-order valence-corrected chi connectivity index (χ3v) is 0.500. The van der Waals surface area contributed by atoms with Crippen LogP contribution in [0, 0.1) is 0 Å². The van der Waals surface area contributed by atoms with Crippen molar-refractivity contribution in [1.29, 1.82) is 0 Å². The number of hydrogen-bond donors (Lipinski definition) is 3. The van der Waals surface area contributed by atoms with E-state index in [1.807, 2.05) is 0 Å². The van der Waals surface area contributed by atoms with Crippen molar-refractivity contribution in [2.75, 3.05) is 6.61 Å². The topological polar surface area (TPSA) is 104 Å². The molecule has 0 aromatic heterocycles. The van der Waals surface area contributed by atoms with Gasteiger partial charge in [-0.3, -0.25) is 4.52 Å². The Bertz CT molecular complexity index is 134. The second-order valence-corrected chi connectivity index (χ2v) is 2.61. The predicted molar refractivity (Wildman–Crippen MR) is 38.0 cm³/mol. The van der Waals surface area contributed by atoms with E-state index in [1.54, 1.807) is 0 Å². The summed E-state index contributed by atoms with van der Waals surface area (Å²) in [5.41, 5.74) is 0. The average Bonchev–Trinajstić information content (AvgIpc) is 1.79. The molecule has 0 aliphatic carbocycles. The smallest absolute Gasteiger partial charge is 0.303 e. The monoisotopic (exact) mass is 202 g/mol. The molecule has 0 aliphatic rings. The van der Waals surface area contributed by atoms with Crippen LogP contribution in [0.4, 0.5) is 0 Å². The summed E-state index contributed by atoms with van der Waals surface area (Å²) >= 11 is 0. The Balaban J connectivity index is 0. The highest BCUT2D eigenvalue weighted by molar-refractivity contribution is 7.45. The van der Waals surface area contributed by atoms with E-state index in [-0.39, 0.29) is 8.69 Å². The molecule has 0 saturated carbocycles. The quantitative estimate of drug-likeness (QED) is 0.349. The predicted octanol–water partition coefficient (Wildman–Crippen LogP) is 0.467. The van der Waals surface area contributed by atoms with Crippen LogP contribution in [0.5, 0.6) is 0 Å². The fourth-order valence-electron chi connectivity index (χ4n) is 0.0831. The lowest BCUT2D eigenvalue weighted by molar-refractivity contribution is 0.275. The van der Waals surface area contributed by atoms with Gasteiger partial charge in [-0.25, -0.2) is 9.13 Å². The normalized spacial score (nSPS) is 10.1. The van der Waals surface area contributed by atoms with Crippen LogP contribution in [0.25, 0.3) is 0 Å². The second kappa shape index (κ2) is 8.01. The van der Waals surface area contributed by atoms with Gasteiger partial charge in [0.05, 0.1) is 6.61 Å². The molecule has 0 rings (SSSR count). The molecule has 6 nitrogen and oxygen atoms in total. The van der Waals surface area contributed by atoms with Crippen LogP contribution in [-0.2, 0) is 13.7 Å². The Morgan fingerprint density at radius 1 is 1.55 bits per heavy atom. The van der Waals surface area contributed by atoms with Gasteiger partial charge in [-0.15, -0.1) is 6.58 Å². The molecule has 0 fully saturated rings. The molecule has 0 atom stereocenters. The van der Waals surface area contributed by atoms with Gasteiger partial charge in [-0.1, -0.05) is 6.08 Å². The fraction of sp³-hybridized carbons (Fsp3) is 0.333. The van der Waals surface area contributed by atoms with Crippen molar-refractivity contribution in [1.82, 2.24) is 0 Å². The maximum Gasteiger partial charge on any atom is 0.466 e. The summed E-state index contributed by atoms with van der Waals surface area (Å²) in [6, 6.07) is 0. The molecule has 0 heterocycles. The maximum atomic E-state index is 9.39. The van der Waals surface area contributed by atoms with Gasteiger partial charge in [0, 0.05) is 0 Å². The first-order valence-corrected chi connectivity index (χ1v) is 4.55. The lowest BCUT2D eigenvalue weighted by Gasteiger charge is -1.82. The van der Waals surface area contributed by atoms with Crippen molar-refractivity contribution >= 4 is 16.5 Å². The van der Waals surface area contributed by atoms with Crippen molar-refractivity contribution in [3.63, 3.8) is 0 Å². The molecule has 66 valence electrons.